The summed E-state index contributed by atoms with van der Waals surface area (Å²) in [6.07, 6.45) is 3.13. The molecule has 1 fully saturated rings. The van der Waals surface area contributed by atoms with Gasteiger partial charge in [0.2, 0.25) is 5.91 Å². The SMILES string of the molecule is CC(C)NC(=O)CCNC1CCCN(C(=O)OC(C)(C)C)CC1. The smallest absolute Gasteiger partial charge is 0.410 e. The average Bonchev–Trinajstić information content (AvgIpc) is 2.61. The highest BCUT2D eigenvalue weighted by molar-refractivity contribution is 5.76. The summed E-state index contributed by atoms with van der Waals surface area (Å²) in [5, 5.41) is 6.32. The second-order valence-corrected chi connectivity index (χ2v) is 7.52. The largest absolute Gasteiger partial charge is 0.444 e. The van der Waals surface area contributed by atoms with Gasteiger partial charge in [-0.25, -0.2) is 4.79 Å². The Morgan fingerprint density at radius 2 is 1.91 bits per heavy atom. The molecule has 6 nitrogen and oxygen atoms in total. The lowest BCUT2D eigenvalue weighted by atomic mass is 10.1. The van der Waals surface area contributed by atoms with Gasteiger partial charge in [-0.3, -0.25) is 4.79 Å². The number of hydrogen-bond donors (Lipinski definition) is 2. The van der Waals surface area contributed by atoms with Crippen molar-refractivity contribution in [1.29, 1.82) is 0 Å². The van der Waals surface area contributed by atoms with E-state index < -0.39 is 5.60 Å². The van der Waals surface area contributed by atoms with Crippen molar-refractivity contribution < 1.29 is 14.3 Å². The molecule has 2 amide bonds. The average molecular weight is 327 g/mol. The van der Waals surface area contributed by atoms with E-state index in [1.165, 1.54) is 0 Å². The van der Waals surface area contributed by atoms with Crippen LogP contribution in [-0.4, -0.2) is 54.2 Å². The molecule has 1 aliphatic rings. The Morgan fingerprint density at radius 3 is 2.52 bits per heavy atom. The van der Waals surface area contributed by atoms with Crippen molar-refractivity contribution in [3.63, 3.8) is 0 Å². The van der Waals surface area contributed by atoms with E-state index in [9.17, 15) is 9.59 Å². The molecule has 1 unspecified atom stereocenters. The first-order chi connectivity index (χ1) is 10.7. The van der Waals surface area contributed by atoms with Crippen LogP contribution < -0.4 is 10.6 Å². The fourth-order valence-electron chi connectivity index (χ4n) is 2.59. The highest BCUT2D eigenvalue weighted by Crippen LogP contribution is 2.15. The fourth-order valence-corrected chi connectivity index (χ4v) is 2.59. The fraction of sp³-hybridized carbons (Fsp3) is 0.882. The third-order valence-corrected chi connectivity index (χ3v) is 3.61. The zero-order valence-corrected chi connectivity index (χ0v) is 15.3. The minimum absolute atomic E-state index is 0.0801. The number of hydrogen-bond acceptors (Lipinski definition) is 4. The Balaban J connectivity index is 2.30. The number of ether oxygens (including phenoxy) is 1. The van der Waals surface area contributed by atoms with Crippen LogP contribution in [0.4, 0.5) is 4.79 Å². The van der Waals surface area contributed by atoms with Gasteiger partial charge in [0.25, 0.3) is 0 Å². The van der Waals surface area contributed by atoms with E-state index in [0.29, 0.717) is 25.6 Å². The minimum Gasteiger partial charge on any atom is -0.444 e. The number of likely N-dealkylation sites (tertiary alicyclic amines) is 1. The summed E-state index contributed by atoms with van der Waals surface area (Å²) in [4.78, 5) is 25.5. The molecule has 0 saturated carbocycles. The number of nitrogens with zero attached hydrogens (tertiary/aromatic N) is 1. The van der Waals surface area contributed by atoms with Crippen molar-refractivity contribution in [3.05, 3.63) is 0 Å². The molecule has 6 heteroatoms. The molecule has 0 aromatic heterocycles. The van der Waals surface area contributed by atoms with E-state index >= 15 is 0 Å². The van der Waals surface area contributed by atoms with Crippen molar-refractivity contribution in [2.45, 2.75) is 78.0 Å². The van der Waals surface area contributed by atoms with Gasteiger partial charge < -0.3 is 20.3 Å². The van der Waals surface area contributed by atoms with Gasteiger partial charge in [-0.1, -0.05) is 0 Å². The molecule has 1 saturated heterocycles. The zero-order valence-electron chi connectivity index (χ0n) is 15.3. The van der Waals surface area contributed by atoms with Crippen LogP contribution in [0.1, 0.15) is 60.3 Å². The molecule has 1 rings (SSSR count). The van der Waals surface area contributed by atoms with Crippen LogP contribution in [-0.2, 0) is 9.53 Å². The van der Waals surface area contributed by atoms with E-state index in [1.807, 2.05) is 34.6 Å². The molecular formula is C17H33N3O3. The van der Waals surface area contributed by atoms with Crippen molar-refractivity contribution in [1.82, 2.24) is 15.5 Å². The third kappa shape index (κ3) is 8.79. The molecule has 1 heterocycles. The first kappa shape index (κ1) is 19.7. The molecule has 0 bridgehead atoms. The number of carbonyl (C=O) groups excluding carboxylic acids is 2. The predicted octanol–water partition coefficient (Wildman–Crippen LogP) is 2.28. The lowest BCUT2D eigenvalue weighted by molar-refractivity contribution is -0.121. The summed E-state index contributed by atoms with van der Waals surface area (Å²) >= 11 is 0. The van der Waals surface area contributed by atoms with Crippen LogP contribution in [0.25, 0.3) is 0 Å². The summed E-state index contributed by atoms with van der Waals surface area (Å²) in [5.74, 6) is 0.0801. The van der Waals surface area contributed by atoms with Crippen molar-refractivity contribution in [2.24, 2.45) is 0 Å². The lowest BCUT2D eigenvalue weighted by Gasteiger charge is -2.26. The normalized spacial score (nSPS) is 19.4. The zero-order chi connectivity index (χ0) is 17.5. The molecule has 0 spiro atoms. The van der Waals surface area contributed by atoms with Crippen LogP contribution in [0, 0.1) is 0 Å². The van der Waals surface area contributed by atoms with Gasteiger partial charge >= 0.3 is 6.09 Å². The molecule has 0 radical (unpaired) electrons. The van der Waals surface area contributed by atoms with Crippen molar-refractivity contribution in [3.8, 4) is 0 Å². The molecule has 23 heavy (non-hydrogen) atoms. The van der Waals surface area contributed by atoms with Gasteiger partial charge in [0.1, 0.15) is 5.60 Å². The van der Waals surface area contributed by atoms with E-state index in [4.69, 9.17) is 4.74 Å². The summed E-state index contributed by atoms with van der Waals surface area (Å²) in [7, 11) is 0. The number of amides is 2. The summed E-state index contributed by atoms with van der Waals surface area (Å²) in [6.45, 7) is 11.7. The monoisotopic (exact) mass is 327 g/mol. The maximum Gasteiger partial charge on any atom is 0.410 e. The first-order valence-electron chi connectivity index (χ1n) is 8.68. The first-order valence-corrected chi connectivity index (χ1v) is 8.68. The Kier molecular flexibility index (Phi) is 7.82. The summed E-state index contributed by atoms with van der Waals surface area (Å²) < 4.78 is 5.43. The Labute approximate surface area is 140 Å². The quantitative estimate of drug-likeness (QED) is 0.813. The van der Waals surface area contributed by atoms with Crippen LogP contribution in [0.15, 0.2) is 0 Å². The van der Waals surface area contributed by atoms with Gasteiger partial charge in [-0.2, -0.15) is 0 Å². The van der Waals surface area contributed by atoms with E-state index in [0.717, 1.165) is 25.8 Å². The molecule has 0 aromatic rings. The van der Waals surface area contributed by atoms with Gasteiger partial charge in [-0.15, -0.1) is 0 Å². The van der Waals surface area contributed by atoms with Crippen molar-refractivity contribution >= 4 is 12.0 Å². The highest BCUT2D eigenvalue weighted by atomic mass is 16.6. The van der Waals surface area contributed by atoms with Crippen LogP contribution >= 0.6 is 0 Å². The van der Waals surface area contributed by atoms with Gasteiger partial charge in [0, 0.05) is 38.1 Å². The van der Waals surface area contributed by atoms with Gasteiger partial charge in [-0.05, 0) is 53.9 Å². The molecule has 0 aromatic carbocycles. The number of carbonyl (C=O) groups is 2. The molecular weight excluding hydrogens is 294 g/mol. The van der Waals surface area contributed by atoms with Crippen LogP contribution in [0.5, 0.6) is 0 Å². The Bertz CT molecular complexity index is 391. The van der Waals surface area contributed by atoms with E-state index in [2.05, 4.69) is 10.6 Å². The maximum absolute atomic E-state index is 12.1. The van der Waals surface area contributed by atoms with Crippen molar-refractivity contribution in [2.75, 3.05) is 19.6 Å². The minimum atomic E-state index is -0.454. The number of rotatable bonds is 5. The topological polar surface area (TPSA) is 70.7 Å². The molecule has 1 aliphatic heterocycles. The standard InChI is InChI=1S/C17H33N3O3/c1-13(2)19-15(21)8-10-18-14-7-6-11-20(12-9-14)16(22)23-17(3,4)5/h13-14,18H,6-12H2,1-5H3,(H,19,21). The van der Waals surface area contributed by atoms with E-state index in [-0.39, 0.29) is 18.0 Å². The maximum atomic E-state index is 12.1. The Hall–Kier alpha value is -1.30. The van der Waals surface area contributed by atoms with Crippen LogP contribution in [0.3, 0.4) is 0 Å². The summed E-state index contributed by atoms with van der Waals surface area (Å²) in [6, 6.07) is 0.539. The third-order valence-electron chi connectivity index (χ3n) is 3.61. The van der Waals surface area contributed by atoms with Gasteiger partial charge in [0.15, 0.2) is 0 Å². The molecule has 1 atom stereocenters. The predicted molar refractivity (Wildman–Crippen MR) is 91.3 cm³/mol. The molecule has 2 N–H and O–H groups in total. The van der Waals surface area contributed by atoms with Gasteiger partial charge in [0.05, 0.1) is 0 Å². The van der Waals surface area contributed by atoms with E-state index in [1.54, 1.807) is 4.90 Å². The summed E-state index contributed by atoms with van der Waals surface area (Å²) in [5.41, 5.74) is -0.454. The highest BCUT2D eigenvalue weighted by Gasteiger charge is 2.25. The molecule has 134 valence electrons. The molecule has 0 aliphatic carbocycles. The van der Waals surface area contributed by atoms with Crippen LogP contribution in [0.2, 0.25) is 0 Å². The second-order valence-electron chi connectivity index (χ2n) is 7.52. The number of nitrogens with one attached hydrogen (secondary N) is 2. The lowest BCUT2D eigenvalue weighted by Crippen LogP contribution is -2.38. The second kappa shape index (κ2) is 9.11. The Morgan fingerprint density at radius 1 is 1.22 bits per heavy atom.